The number of unbranched alkanes of at least 4 members (excludes halogenated alkanes) is 1. The molecule has 3 aromatic rings. The van der Waals surface area contributed by atoms with Gasteiger partial charge in [0, 0.05) is 27.6 Å². The number of alkyl halides is 1. The molecule has 3 aromatic carbocycles. The molecular weight excluding hydrogens is 554 g/mol. The lowest BCUT2D eigenvalue weighted by molar-refractivity contribution is 0.0997. The van der Waals surface area contributed by atoms with Crippen LogP contribution in [-0.2, 0) is 13.0 Å². The fourth-order valence-electron chi connectivity index (χ4n) is 3.84. The maximum absolute atomic E-state index is 12.7. The van der Waals surface area contributed by atoms with Crippen LogP contribution in [0, 0.1) is 0 Å². The Hall–Kier alpha value is -1.82. The number of Topliss-reactive ketones (excluding diaryl/α,β-unsaturated/α-hetero) is 1. The zero-order chi connectivity index (χ0) is 22.5. The normalized spacial score (nSPS) is 13.0. The highest BCUT2D eigenvalue weighted by molar-refractivity contribution is 14.1. The van der Waals surface area contributed by atoms with E-state index in [0.29, 0.717) is 22.2 Å². The van der Waals surface area contributed by atoms with Gasteiger partial charge in [-0.1, -0.05) is 76.1 Å². The molecule has 0 N–H and O–H groups in total. The van der Waals surface area contributed by atoms with Crippen LogP contribution in [0.1, 0.15) is 51.9 Å². The standard InChI is InChI=1S/C27H23Cl2IO2/c28-22-9-8-20-13-21(14-26(31)24(20)15-22)25-16-23(29)10-11-27(25)32-17-19-6-4-18(5-7-19)3-1-2-12-30/h4-11,13,15-16H,1-3,12,14,17H2. The minimum Gasteiger partial charge on any atom is -0.488 e. The summed E-state index contributed by atoms with van der Waals surface area (Å²) < 4.78 is 7.38. The van der Waals surface area contributed by atoms with Crippen LogP contribution in [-0.4, -0.2) is 10.2 Å². The van der Waals surface area contributed by atoms with Gasteiger partial charge in [0.25, 0.3) is 0 Å². The molecular formula is C27H23Cl2IO2. The van der Waals surface area contributed by atoms with Crippen LogP contribution in [0.2, 0.25) is 10.0 Å². The van der Waals surface area contributed by atoms with Gasteiger partial charge in [-0.15, -0.1) is 0 Å². The van der Waals surface area contributed by atoms with Crippen LogP contribution in [0.3, 0.4) is 0 Å². The molecule has 4 rings (SSSR count). The number of hydrogen-bond donors (Lipinski definition) is 0. The molecule has 0 spiro atoms. The number of rotatable bonds is 8. The van der Waals surface area contributed by atoms with Crippen LogP contribution in [0.15, 0.2) is 60.7 Å². The minimum atomic E-state index is 0.0454. The third kappa shape index (κ3) is 5.75. The molecule has 0 radical (unpaired) electrons. The fraction of sp³-hybridized carbons (Fsp3) is 0.222. The first-order valence-corrected chi connectivity index (χ1v) is 12.9. The molecule has 0 atom stereocenters. The van der Waals surface area contributed by atoms with Gasteiger partial charge in [0.1, 0.15) is 12.4 Å². The molecule has 0 heterocycles. The van der Waals surface area contributed by atoms with Crippen molar-refractivity contribution in [3.8, 4) is 5.75 Å². The van der Waals surface area contributed by atoms with Crippen molar-refractivity contribution in [1.82, 2.24) is 0 Å². The third-order valence-electron chi connectivity index (χ3n) is 5.55. The number of aryl methyl sites for hydroxylation is 1. The molecule has 32 heavy (non-hydrogen) atoms. The van der Waals surface area contributed by atoms with E-state index in [-0.39, 0.29) is 12.2 Å². The summed E-state index contributed by atoms with van der Waals surface area (Å²) in [4.78, 5) is 12.7. The van der Waals surface area contributed by atoms with E-state index in [9.17, 15) is 4.79 Å². The number of allylic oxidation sites excluding steroid dienone is 1. The highest BCUT2D eigenvalue weighted by Crippen LogP contribution is 2.37. The van der Waals surface area contributed by atoms with Crippen molar-refractivity contribution in [3.05, 3.63) is 98.5 Å². The van der Waals surface area contributed by atoms with Crippen molar-refractivity contribution >= 4 is 63.2 Å². The Morgan fingerprint density at radius 3 is 2.28 bits per heavy atom. The van der Waals surface area contributed by atoms with Crippen LogP contribution >= 0.6 is 45.8 Å². The van der Waals surface area contributed by atoms with E-state index >= 15 is 0 Å². The first-order chi connectivity index (χ1) is 15.5. The largest absolute Gasteiger partial charge is 0.488 e. The monoisotopic (exact) mass is 576 g/mol. The summed E-state index contributed by atoms with van der Waals surface area (Å²) in [7, 11) is 0. The molecule has 0 unspecified atom stereocenters. The van der Waals surface area contributed by atoms with Crippen LogP contribution < -0.4 is 4.74 Å². The lowest BCUT2D eigenvalue weighted by atomic mass is 9.87. The van der Waals surface area contributed by atoms with E-state index in [1.165, 1.54) is 22.8 Å². The van der Waals surface area contributed by atoms with Crippen molar-refractivity contribution < 1.29 is 9.53 Å². The number of carbonyl (C=O) groups is 1. The molecule has 0 bridgehead atoms. The number of benzene rings is 3. The van der Waals surface area contributed by atoms with Crippen LogP contribution in [0.4, 0.5) is 0 Å². The molecule has 0 saturated heterocycles. The van der Waals surface area contributed by atoms with Crippen LogP contribution in [0.25, 0.3) is 11.6 Å². The molecule has 1 aliphatic carbocycles. The number of carbonyl (C=O) groups excluding carboxylic acids is 1. The van der Waals surface area contributed by atoms with E-state index in [1.54, 1.807) is 12.1 Å². The van der Waals surface area contributed by atoms with E-state index in [4.69, 9.17) is 27.9 Å². The second kappa shape index (κ2) is 10.9. The summed E-state index contributed by atoms with van der Waals surface area (Å²) in [6.07, 6.45) is 5.89. The first kappa shape index (κ1) is 23.3. The lowest BCUT2D eigenvalue weighted by Crippen LogP contribution is -2.09. The molecule has 1 aliphatic rings. The Balaban J connectivity index is 1.53. The average Bonchev–Trinajstić information content (AvgIpc) is 2.79. The first-order valence-electron chi connectivity index (χ1n) is 10.6. The molecule has 0 saturated carbocycles. The highest BCUT2D eigenvalue weighted by Gasteiger charge is 2.22. The summed E-state index contributed by atoms with van der Waals surface area (Å²) in [6.45, 7) is 0.454. The van der Waals surface area contributed by atoms with Gasteiger partial charge >= 0.3 is 0 Å². The second-order valence-corrected chi connectivity index (χ2v) is 9.84. The lowest BCUT2D eigenvalue weighted by Gasteiger charge is -2.19. The Labute approximate surface area is 212 Å². The molecule has 0 aromatic heterocycles. The maximum Gasteiger partial charge on any atom is 0.167 e. The maximum atomic E-state index is 12.7. The summed E-state index contributed by atoms with van der Waals surface area (Å²) in [6, 6.07) is 19.6. The van der Waals surface area contributed by atoms with Gasteiger partial charge in [0.15, 0.2) is 5.78 Å². The van der Waals surface area contributed by atoms with E-state index in [1.807, 2.05) is 30.3 Å². The molecule has 0 aliphatic heterocycles. The third-order valence-corrected chi connectivity index (χ3v) is 6.78. The van der Waals surface area contributed by atoms with Gasteiger partial charge in [0.2, 0.25) is 0 Å². The molecule has 2 nitrogen and oxygen atoms in total. The van der Waals surface area contributed by atoms with Crippen molar-refractivity contribution in [2.24, 2.45) is 0 Å². The smallest absolute Gasteiger partial charge is 0.167 e. The Bertz CT molecular complexity index is 1150. The number of hydrogen-bond acceptors (Lipinski definition) is 2. The Morgan fingerprint density at radius 2 is 1.53 bits per heavy atom. The van der Waals surface area contributed by atoms with Crippen molar-refractivity contribution in [1.29, 1.82) is 0 Å². The van der Waals surface area contributed by atoms with Crippen molar-refractivity contribution in [2.45, 2.75) is 32.3 Å². The van der Waals surface area contributed by atoms with Gasteiger partial charge < -0.3 is 4.74 Å². The van der Waals surface area contributed by atoms with Gasteiger partial charge in [-0.05, 0) is 82.4 Å². The molecule has 0 fully saturated rings. The Kier molecular flexibility index (Phi) is 7.93. The summed E-state index contributed by atoms with van der Waals surface area (Å²) in [5, 5.41) is 1.18. The zero-order valence-corrected chi connectivity index (χ0v) is 21.2. The number of ketones is 1. The zero-order valence-electron chi connectivity index (χ0n) is 17.5. The summed E-state index contributed by atoms with van der Waals surface area (Å²) in [5.74, 6) is 0.765. The topological polar surface area (TPSA) is 26.3 Å². The summed E-state index contributed by atoms with van der Waals surface area (Å²) in [5.41, 5.74) is 5.73. The van der Waals surface area contributed by atoms with Gasteiger partial charge in [-0.2, -0.15) is 0 Å². The van der Waals surface area contributed by atoms with Gasteiger partial charge in [-0.3, -0.25) is 4.79 Å². The highest BCUT2D eigenvalue weighted by atomic mass is 127. The van der Waals surface area contributed by atoms with Crippen LogP contribution in [0.5, 0.6) is 5.75 Å². The fourth-order valence-corrected chi connectivity index (χ4v) is 4.73. The molecule has 164 valence electrons. The van der Waals surface area contributed by atoms with Gasteiger partial charge in [-0.25, -0.2) is 0 Å². The van der Waals surface area contributed by atoms with E-state index in [2.05, 4.69) is 46.9 Å². The number of ether oxygens (including phenoxy) is 1. The number of fused-ring (bicyclic) bond motifs is 1. The van der Waals surface area contributed by atoms with Crippen molar-refractivity contribution in [2.75, 3.05) is 4.43 Å². The average molecular weight is 577 g/mol. The number of halogens is 3. The van der Waals surface area contributed by atoms with E-state index < -0.39 is 0 Å². The van der Waals surface area contributed by atoms with Gasteiger partial charge in [0.05, 0.1) is 0 Å². The predicted molar refractivity (Wildman–Crippen MR) is 142 cm³/mol. The Morgan fingerprint density at radius 1 is 0.844 bits per heavy atom. The molecule has 5 heteroatoms. The van der Waals surface area contributed by atoms with E-state index in [0.717, 1.165) is 34.4 Å². The summed E-state index contributed by atoms with van der Waals surface area (Å²) >= 11 is 14.8. The predicted octanol–water partition coefficient (Wildman–Crippen LogP) is 8.46. The second-order valence-electron chi connectivity index (χ2n) is 7.89. The molecule has 0 amide bonds. The SMILES string of the molecule is O=C1CC(c2cc(Cl)ccc2OCc2ccc(CCCCI)cc2)=Cc2ccc(Cl)cc21. The van der Waals surface area contributed by atoms with Crippen molar-refractivity contribution in [3.63, 3.8) is 0 Å². The quantitative estimate of drug-likeness (QED) is 0.153. The minimum absolute atomic E-state index is 0.0454.